The predicted octanol–water partition coefficient (Wildman–Crippen LogP) is 4.87. The van der Waals surface area contributed by atoms with Crippen LogP contribution in [0, 0.1) is 0 Å². The quantitative estimate of drug-likeness (QED) is 0.398. The highest BCUT2D eigenvalue weighted by atomic mass is 16.3. The molecule has 27 heavy (non-hydrogen) atoms. The Labute approximate surface area is 156 Å². The van der Waals surface area contributed by atoms with Gasteiger partial charge in [-0.1, -0.05) is 54.0 Å². The van der Waals surface area contributed by atoms with Crippen LogP contribution < -0.4 is 5.46 Å². The first-order chi connectivity index (χ1) is 13.3. The molecular formula is C23H13BN2O. The van der Waals surface area contributed by atoms with Crippen molar-refractivity contribution in [2.75, 3.05) is 0 Å². The number of hydrogen-bond acceptors (Lipinski definition) is 2. The second-order valence-electron chi connectivity index (χ2n) is 6.74. The lowest BCUT2D eigenvalue weighted by molar-refractivity contribution is 0.668. The van der Waals surface area contributed by atoms with E-state index in [-0.39, 0.29) is 0 Å². The molecule has 6 aromatic rings. The van der Waals surface area contributed by atoms with Gasteiger partial charge >= 0.3 is 0 Å². The summed E-state index contributed by atoms with van der Waals surface area (Å²) in [4.78, 5) is 4.77. The zero-order chi connectivity index (χ0) is 18.0. The topological polar surface area (TPSA) is 31.0 Å². The first-order valence-electron chi connectivity index (χ1n) is 8.86. The highest BCUT2D eigenvalue weighted by Crippen LogP contribution is 2.36. The van der Waals surface area contributed by atoms with Crippen LogP contribution in [0.25, 0.3) is 49.6 Å². The highest BCUT2D eigenvalue weighted by Gasteiger charge is 2.18. The van der Waals surface area contributed by atoms with Crippen molar-refractivity contribution in [2.24, 2.45) is 0 Å². The van der Waals surface area contributed by atoms with E-state index in [1.165, 1.54) is 0 Å². The van der Waals surface area contributed by atoms with Crippen molar-refractivity contribution in [2.45, 2.75) is 0 Å². The molecule has 0 fully saturated rings. The minimum Gasteiger partial charge on any atom is -0.456 e. The number of aromatic nitrogens is 2. The molecule has 0 N–H and O–H groups in total. The van der Waals surface area contributed by atoms with Gasteiger partial charge in [-0.2, -0.15) is 0 Å². The molecule has 124 valence electrons. The lowest BCUT2D eigenvalue weighted by Crippen LogP contribution is -2.01. The average molecular weight is 344 g/mol. The van der Waals surface area contributed by atoms with E-state index in [9.17, 15) is 0 Å². The summed E-state index contributed by atoms with van der Waals surface area (Å²) in [6.07, 6.45) is 1.80. The molecule has 0 amide bonds. The van der Waals surface area contributed by atoms with E-state index < -0.39 is 0 Å². The molecule has 0 saturated carbocycles. The third-order valence-corrected chi connectivity index (χ3v) is 5.18. The Hall–Kier alpha value is -3.53. The van der Waals surface area contributed by atoms with Crippen LogP contribution in [-0.2, 0) is 0 Å². The Morgan fingerprint density at radius 3 is 2.44 bits per heavy atom. The van der Waals surface area contributed by atoms with Crippen molar-refractivity contribution in [1.29, 1.82) is 0 Å². The summed E-state index contributed by atoms with van der Waals surface area (Å²) in [5, 5.41) is 4.37. The zero-order valence-corrected chi connectivity index (χ0v) is 14.4. The molecule has 2 radical (unpaired) electrons. The molecule has 0 spiro atoms. The molecule has 0 aliphatic rings. The summed E-state index contributed by atoms with van der Waals surface area (Å²) in [5.41, 5.74) is 4.64. The van der Waals surface area contributed by atoms with Crippen LogP contribution in [0.5, 0.6) is 0 Å². The summed E-state index contributed by atoms with van der Waals surface area (Å²) in [5.74, 6) is 0.869. The zero-order valence-electron chi connectivity index (χ0n) is 14.4. The van der Waals surface area contributed by atoms with E-state index in [1.807, 2.05) is 36.4 Å². The van der Waals surface area contributed by atoms with Crippen LogP contribution in [0.1, 0.15) is 0 Å². The average Bonchev–Trinajstić information content (AvgIpc) is 3.23. The summed E-state index contributed by atoms with van der Waals surface area (Å²) < 4.78 is 8.26. The van der Waals surface area contributed by atoms with Gasteiger partial charge in [-0.05, 0) is 24.3 Å². The predicted molar refractivity (Wildman–Crippen MR) is 111 cm³/mol. The van der Waals surface area contributed by atoms with Gasteiger partial charge in [0.2, 0.25) is 0 Å². The van der Waals surface area contributed by atoms with Gasteiger partial charge in [0.15, 0.2) is 0 Å². The molecule has 0 saturated heterocycles. The van der Waals surface area contributed by atoms with E-state index in [4.69, 9.17) is 17.2 Å². The van der Waals surface area contributed by atoms with Gasteiger partial charge in [0, 0.05) is 22.4 Å². The largest absolute Gasteiger partial charge is 0.456 e. The molecular weight excluding hydrogens is 331 g/mol. The molecule has 6 rings (SSSR count). The van der Waals surface area contributed by atoms with Crippen molar-refractivity contribution in [1.82, 2.24) is 9.55 Å². The maximum absolute atomic E-state index is 6.07. The van der Waals surface area contributed by atoms with Crippen LogP contribution in [0.15, 0.2) is 83.4 Å². The number of furan rings is 1. The fourth-order valence-corrected chi connectivity index (χ4v) is 4.04. The van der Waals surface area contributed by atoms with Crippen molar-refractivity contribution >= 4 is 57.1 Å². The first-order valence-corrected chi connectivity index (χ1v) is 8.86. The van der Waals surface area contributed by atoms with Gasteiger partial charge in [0.1, 0.15) is 24.8 Å². The van der Waals surface area contributed by atoms with E-state index in [2.05, 4.69) is 41.0 Å². The molecule has 0 atom stereocenters. The van der Waals surface area contributed by atoms with E-state index >= 15 is 0 Å². The highest BCUT2D eigenvalue weighted by molar-refractivity contribution is 6.34. The molecule has 0 bridgehead atoms. The van der Waals surface area contributed by atoms with Gasteiger partial charge in [-0.3, -0.25) is 4.57 Å². The number of nitrogens with zero attached hydrogens (tertiary/aromatic N) is 2. The maximum atomic E-state index is 6.07. The Morgan fingerprint density at radius 2 is 1.52 bits per heavy atom. The Morgan fingerprint density at radius 1 is 0.741 bits per heavy atom. The fourth-order valence-electron chi connectivity index (χ4n) is 4.04. The van der Waals surface area contributed by atoms with Crippen LogP contribution >= 0.6 is 0 Å². The number of benzene rings is 3. The van der Waals surface area contributed by atoms with Gasteiger partial charge in [-0.25, -0.2) is 4.98 Å². The molecule has 4 heteroatoms. The summed E-state index contributed by atoms with van der Waals surface area (Å²) in [6.45, 7) is 0. The SMILES string of the molecule is [B]c1ccc2c(c1)c1ccccc1n2-c1nccc2oc3ccccc3c12. The molecule has 0 aliphatic carbocycles. The number of hydrogen-bond donors (Lipinski definition) is 0. The van der Waals surface area contributed by atoms with E-state index in [0.717, 1.165) is 55.0 Å². The minimum atomic E-state index is 0.755. The summed E-state index contributed by atoms with van der Waals surface area (Å²) >= 11 is 0. The van der Waals surface area contributed by atoms with Crippen molar-refractivity contribution in [3.63, 3.8) is 0 Å². The third kappa shape index (κ3) is 1.95. The summed E-state index contributed by atoms with van der Waals surface area (Å²) in [6, 6.07) is 24.4. The number of para-hydroxylation sites is 2. The summed E-state index contributed by atoms with van der Waals surface area (Å²) in [7, 11) is 6.07. The Bertz CT molecular complexity index is 1490. The minimum absolute atomic E-state index is 0.755. The standard InChI is InChI=1S/C23H13BN2O/c24-14-9-10-19-17(13-14)15-5-1-3-7-18(15)26(19)23-22-16-6-2-4-8-20(16)27-21(22)11-12-25-23/h1-13H. The first kappa shape index (κ1) is 14.6. The van der Waals surface area contributed by atoms with Crippen LogP contribution in [0.4, 0.5) is 0 Å². The smallest absolute Gasteiger partial charge is 0.149 e. The maximum Gasteiger partial charge on any atom is 0.149 e. The van der Waals surface area contributed by atoms with Gasteiger partial charge in [-0.15, -0.1) is 0 Å². The number of pyridine rings is 1. The number of rotatable bonds is 1. The molecule has 0 aliphatic heterocycles. The van der Waals surface area contributed by atoms with Gasteiger partial charge in [0.05, 0.1) is 16.4 Å². The van der Waals surface area contributed by atoms with Gasteiger partial charge < -0.3 is 4.42 Å². The van der Waals surface area contributed by atoms with Crippen LogP contribution in [0.3, 0.4) is 0 Å². The molecule has 3 aromatic heterocycles. The van der Waals surface area contributed by atoms with Crippen LogP contribution in [0.2, 0.25) is 0 Å². The third-order valence-electron chi connectivity index (χ3n) is 5.18. The molecule has 3 nitrogen and oxygen atoms in total. The lowest BCUT2D eigenvalue weighted by atomic mass is 9.94. The van der Waals surface area contributed by atoms with Gasteiger partial charge in [0.25, 0.3) is 0 Å². The monoisotopic (exact) mass is 344 g/mol. The fraction of sp³-hybridized carbons (Fsp3) is 0. The van der Waals surface area contributed by atoms with Crippen LogP contribution in [-0.4, -0.2) is 17.4 Å². The molecule has 3 aromatic carbocycles. The molecule has 3 heterocycles. The van der Waals surface area contributed by atoms with Crippen molar-refractivity contribution in [3.8, 4) is 5.82 Å². The Balaban J connectivity index is 1.86. The Kier molecular flexibility index (Phi) is 2.84. The lowest BCUT2D eigenvalue weighted by Gasteiger charge is -2.08. The van der Waals surface area contributed by atoms with Crippen molar-refractivity contribution < 1.29 is 4.42 Å². The van der Waals surface area contributed by atoms with Crippen molar-refractivity contribution in [3.05, 3.63) is 79.0 Å². The number of fused-ring (bicyclic) bond motifs is 6. The van der Waals surface area contributed by atoms with E-state index in [0.29, 0.717) is 0 Å². The normalized spacial score (nSPS) is 11.9. The molecule has 0 unspecified atom stereocenters. The second-order valence-corrected chi connectivity index (χ2v) is 6.74. The second kappa shape index (κ2) is 5.24. The van der Waals surface area contributed by atoms with E-state index in [1.54, 1.807) is 6.20 Å².